The zero-order chi connectivity index (χ0) is 21.2. The zero-order valence-electron chi connectivity index (χ0n) is 17.3. The molecule has 1 N–H and O–H groups in total. The molecule has 3 heterocycles. The van der Waals surface area contributed by atoms with E-state index in [1.54, 1.807) is 18.6 Å². The summed E-state index contributed by atoms with van der Waals surface area (Å²) in [6.45, 7) is 2.78. The van der Waals surface area contributed by atoms with Crippen LogP contribution in [0.4, 0.5) is 0 Å². The van der Waals surface area contributed by atoms with E-state index >= 15 is 0 Å². The summed E-state index contributed by atoms with van der Waals surface area (Å²) < 4.78 is 16.9. The second-order valence-corrected chi connectivity index (χ2v) is 7.83. The molecule has 158 valence electrons. The average Bonchev–Trinajstić information content (AvgIpc) is 3.42. The third-order valence-electron chi connectivity index (χ3n) is 5.49. The van der Waals surface area contributed by atoms with Gasteiger partial charge in [-0.3, -0.25) is 14.8 Å². The van der Waals surface area contributed by atoms with Crippen molar-refractivity contribution < 1.29 is 19.0 Å². The van der Waals surface area contributed by atoms with Crippen LogP contribution in [-0.2, 0) is 17.6 Å². The number of nitrogens with one attached hydrogen (secondary N) is 1. The molecule has 0 saturated carbocycles. The number of nitrogens with zero attached hydrogens (tertiary/aromatic N) is 2. The topological polar surface area (TPSA) is 82.6 Å². The Labute approximate surface area is 180 Å². The fourth-order valence-corrected chi connectivity index (χ4v) is 4.01. The molecule has 1 amide bonds. The lowest BCUT2D eigenvalue weighted by atomic mass is 10.0. The first-order chi connectivity index (χ1) is 15.2. The van der Waals surface area contributed by atoms with E-state index in [-0.39, 0.29) is 18.8 Å². The average molecular weight is 417 g/mol. The molecule has 7 heteroatoms. The number of fused-ring (bicyclic) bond motifs is 2. The van der Waals surface area contributed by atoms with Crippen LogP contribution in [-0.4, -0.2) is 35.3 Å². The van der Waals surface area contributed by atoms with Gasteiger partial charge < -0.3 is 19.5 Å². The van der Waals surface area contributed by atoms with Crippen molar-refractivity contribution >= 4 is 5.91 Å². The van der Waals surface area contributed by atoms with E-state index in [1.807, 2.05) is 18.2 Å². The van der Waals surface area contributed by atoms with Crippen molar-refractivity contribution in [1.29, 1.82) is 0 Å². The molecule has 0 spiro atoms. The normalized spacial score (nSPS) is 16.0. The maximum Gasteiger partial charge on any atom is 0.231 e. The minimum absolute atomic E-state index is 0.00236. The highest BCUT2D eigenvalue weighted by atomic mass is 16.7. The van der Waals surface area contributed by atoms with Crippen LogP contribution in [0, 0.1) is 6.92 Å². The van der Waals surface area contributed by atoms with E-state index < -0.39 is 0 Å². The standard InChI is InChI=1S/C24H23N3O4/c1-15-8-17-11-18(31-24(17)19(9-15)20-13-25-6-7-26-20)12-27-23(28)5-3-16-2-4-21-22(10-16)30-14-29-21/h2,4,6-10,13,18H,3,5,11-12,14H2,1H3,(H,27,28)/t18-/m1/s1. The molecule has 7 nitrogen and oxygen atoms in total. The van der Waals surface area contributed by atoms with Crippen LogP contribution in [0.25, 0.3) is 11.3 Å². The van der Waals surface area contributed by atoms with Crippen molar-refractivity contribution in [3.8, 4) is 28.5 Å². The Morgan fingerprint density at radius 2 is 2.06 bits per heavy atom. The van der Waals surface area contributed by atoms with Gasteiger partial charge in [0.2, 0.25) is 12.7 Å². The molecule has 31 heavy (non-hydrogen) atoms. The Kier molecular flexibility index (Phi) is 5.16. The quantitative estimate of drug-likeness (QED) is 0.663. The molecule has 3 aromatic rings. The molecule has 2 aliphatic rings. The molecule has 0 radical (unpaired) electrons. The number of rotatable bonds is 6. The summed E-state index contributed by atoms with van der Waals surface area (Å²) in [5.41, 5.74) is 5.07. The van der Waals surface area contributed by atoms with E-state index in [2.05, 4.69) is 34.3 Å². The van der Waals surface area contributed by atoms with Crippen molar-refractivity contribution in [3.63, 3.8) is 0 Å². The molecule has 0 bridgehead atoms. The highest BCUT2D eigenvalue weighted by Gasteiger charge is 2.27. The van der Waals surface area contributed by atoms with Gasteiger partial charge in [-0.25, -0.2) is 0 Å². The van der Waals surface area contributed by atoms with Gasteiger partial charge in [-0.1, -0.05) is 12.1 Å². The van der Waals surface area contributed by atoms with Crippen LogP contribution in [0.3, 0.4) is 0 Å². The molecular weight excluding hydrogens is 394 g/mol. The highest BCUT2D eigenvalue weighted by Crippen LogP contribution is 2.39. The number of carbonyl (C=O) groups is 1. The number of benzene rings is 2. The van der Waals surface area contributed by atoms with Gasteiger partial charge in [0, 0.05) is 30.8 Å². The second-order valence-electron chi connectivity index (χ2n) is 7.83. The molecule has 0 saturated heterocycles. The Balaban J connectivity index is 1.17. The van der Waals surface area contributed by atoms with E-state index in [4.69, 9.17) is 14.2 Å². The molecular formula is C24H23N3O4. The van der Waals surface area contributed by atoms with Gasteiger partial charge in [0.15, 0.2) is 11.5 Å². The number of carbonyl (C=O) groups excluding carboxylic acids is 1. The van der Waals surface area contributed by atoms with E-state index in [0.717, 1.165) is 51.6 Å². The first-order valence-corrected chi connectivity index (χ1v) is 10.4. The van der Waals surface area contributed by atoms with Crippen LogP contribution >= 0.6 is 0 Å². The molecule has 0 fully saturated rings. The second kappa shape index (κ2) is 8.26. The molecule has 1 atom stereocenters. The van der Waals surface area contributed by atoms with Gasteiger partial charge in [0.05, 0.1) is 18.4 Å². The van der Waals surface area contributed by atoms with Crippen LogP contribution < -0.4 is 19.5 Å². The molecule has 2 aliphatic heterocycles. The fraction of sp³-hybridized carbons (Fsp3) is 0.292. The van der Waals surface area contributed by atoms with Crippen LogP contribution in [0.5, 0.6) is 17.2 Å². The summed E-state index contributed by atoms with van der Waals surface area (Å²) in [6, 6.07) is 9.98. The van der Waals surface area contributed by atoms with E-state index in [0.29, 0.717) is 19.4 Å². The highest BCUT2D eigenvalue weighted by molar-refractivity contribution is 5.76. The van der Waals surface area contributed by atoms with E-state index in [1.165, 1.54) is 0 Å². The number of hydrogen-bond acceptors (Lipinski definition) is 6. The van der Waals surface area contributed by atoms with E-state index in [9.17, 15) is 4.79 Å². The number of aryl methyl sites for hydroxylation is 2. The minimum atomic E-state index is -0.0956. The monoisotopic (exact) mass is 417 g/mol. The third kappa shape index (κ3) is 4.17. The Morgan fingerprint density at radius 1 is 1.16 bits per heavy atom. The number of amides is 1. The van der Waals surface area contributed by atoms with Crippen LogP contribution in [0.2, 0.25) is 0 Å². The van der Waals surface area contributed by atoms with Gasteiger partial charge in [-0.2, -0.15) is 0 Å². The van der Waals surface area contributed by atoms with Crippen molar-refractivity contribution in [3.05, 3.63) is 65.6 Å². The van der Waals surface area contributed by atoms with Gasteiger partial charge in [-0.15, -0.1) is 0 Å². The molecule has 1 aromatic heterocycles. The molecule has 5 rings (SSSR count). The smallest absolute Gasteiger partial charge is 0.231 e. The Bertz CT molecular complexity index is 1120. The van der Waals surface area contributed by atoms with Crippen LogP contribution in [0.15, 0.2) is 48.9 Å². The van der Waals surface area contributed by atoms with Gasteiger partial charge in [-0.05, 0) is 48.2 Å². The summed E-state index contributed by atoms with van der Waals surface area (Å²) >= 11 is 0. The fourth-order valence-electron chi connectivity index (χ4n) is 4.01. The number of aromatic nitrogens is 2. The lowest BCUT2D eigenvalue weighted by Gasteiger charge is -2.13. The first-order valence-electron chi connectivity index (χ1n) is 10.4. The lowest BCUT2D eigenvalue weighted by Crippen LogP contribution is -2.34. The molecule has 0 unspecified atom stereocenters. The number of hydrogen-bond donors (Lipinski definition) is 1. The van der Waals surface area contributed by atoms with Gasteiger partial charge in [0.1, 0.15) is 11.9 Å². The predicted octanol–water partition coefficient (Wildman–Crippen LogP) is 3.23. The van der Waals surface area contributed by atoms with Crippen molar-refractivity contribution in [2.24, 2.45) is 0 Å². The van der Waals surface area contributed by atoms with Crippen LogP contribution in [0.1, 0.15) is 23.1 Å². The predicted molar refractivity (Wildman–Crippen MR) is 114 cm³/mol. The summed E-state index contributed by atoms with van der Waals surface area (Å²) in [6.07, 6.45) is 6.78. The SMILES string of the molecule is Cc1cc2c(c(-c3cnccn3)c1)O[C@@H](CNC(=O)CCc1ccc3c(c1)OCO3)C2. The summed E-state index contributed by atoms with van der Waals surface area (Å²) in [4.78, 5) is 21.0. The minimum Gasteiger partial charge on any atom is -0.487 e. The third-order valence-corrected chi connectivity index (χ3v) is 5.49. The Morgan fingerprint density at radius 3 is 2.94 bits per heavy atom. The summed E-state index contributed by atoms with van der Waals surface area (Å²) in [7, 11) is 0. The maximum atomic E-state index is 12.4. The van der Waals surface area contributed by atoms with Gasteiger partial charge >= 0.3 is 0 Å². The summed E-state index contributed by atoms with van der Waals surface area (Å²) in [5, 5.41) is 3.01. The molecule has 0 aliphatic carbocycles. The largest absolute Gasteiger partial charge is 0.487 e. The lowest BCUT2D eigenvalue weighted by molar-refractivity contribution is -0.121. The zero-order valence-corrected chi connectivity index (χ0v) is 17.3. The summed E-state index contributed by atoms with van der Waals surface area (Å²) in [5.74, 6) is 2.33. The van der Waals surface area contributed by atoms with Crippen molar-refractivity contribution in [2.75, 3.05) is 13.3 Å². The Hall–Kier alpha value is -3.61. The van der Waals surface area contributed by atoms with Crippen molar-refractivity contribution in [1.82, 2.24) is 15.3 Å². The van der Waals surface area contributed by atoms with Crippen molar-refractivity contribution in [2.45, 2.75) is 32.3 Å². The van der Waals surface area contributed by atoms with Gasteiger partial charge in [0.25, 0.3) is 0 Å². The number of ether oxygens (including phenoxy) is 3. The molecule has 2 aromatic carbocycles. The first kappa shape index (κ1) is 19.4. The maximum absolute atomic E-state index is 12.4.